The van der Waals surface area contributed by atoms with Gasteiger partial charge in [-0.1, -0.05) is 13.8 Å². The van der Waals surface area contributed by atoms with Crippen LogP contribution in [0.4, 0.5) is 5.13 Å². The smallest absolute Gasteiger partial charge is 0.186 e. The summed E-state index contributed by atoms with van der Waals surface area (Å²) in [7, 11) is 0. The fourth-order valence-electron chi connectivity index (χ4n) is 2.16. The van der Waals surface area contributed by atoms with Crippen LogP contribution < -0.4 is 10.2 Å². The van der Waals surface area contributed by atoms with Crippen molar-refractivity contribution in [3.63, 3.8) is 0 Å². The van der Waals surface area contributed by atoms with Crippen LogP contribution in [0.3, 0.4) is 0 Å². The van der Waals surface area contributed by atoms with Gasteiger partial charge >= 0.3 is 0 Å². The minimum absolute atomic E-state index is 0.432. The van der Waals surface area contributed by atoms with Crippen LogP contribution in [0.15, 0.2) is 0 Å². The Bertz CT molecular complexity index is 380. The van der Waals surface area contributed by atoms with Gasteiger partial charge in [-0.3, -0.25) is 0 Å². The summed E-state index contributed by atoms with van der Waals surface area (Å²) in [6.45, 7) is 11.0. The number of thiazole rings is 1. The molecule has 1 saturated heterocycles. The van der Waals surface area contributed by atoms with Crippen LogP contribution in [0.1, 0.15) is 31.3 Å². The largest absolute Gasteiger partial charge is 0.377 e. The lowest BCUT2D eigenvalue weighted by Gasteiger charge is -2.32. The van der Waals surface area contributed by atoms with Gasteiger partial charge in [-0.15, -0.1) is 11.3 Å². The molecule has 0 amide bonds. The number of ether oxygens (including phenoxy) is 1. The van der Waals surface area contributed by atoms with E-state index in [0.29, 0.717) is 6.04 Å². The minimum Gasteiger partial charge on any atom is -0.377 e. The van der Waals surface area contributed by atoms with Gasteiger partial charge in [0, 0.05) is 18.0 Å². The van der Waals surface area contributed by atoms with E-state index in [-0.39, 0.29) is 0 Å². The van der Waals surface area contributed by atoms with E-state index < -0.39 is 0 Å². The van der Waals surface area contributed by atoms with Gasteiger partial charge in [0.05, 0.1) is 24.9 Å². The number of nitrogens with zero attached hydrogens (tertiary/aromatic N) is 2. The standard InChI is InChI=1S/C13H23N3OS/c1-4-11-12(8-14-5-2)18-13(15-11)16-6-7-17-9-10(16)3/h10,14H,4-9H2,1-3H3. The van der Waals surface area contributed by atoms with Gasteiger partial charge in [-0.25, -0.2) is 4.98 Å². The first-order chi connectivity index (χ1) is 8.76. The molecule has 1 fully saturated rings. The van der Waals surface area contributed by atoms with Crippen LogP contribution in [0.25, 0.3) is 0 Å². The molecule has 5 heteroatoms. The van der Waals surface area contributed by atoms with Crippen LogP contribution in [-0.4, -0.2) is 37.3 Å². The summed E-state index contributed by atoms with van der Waals surface area (Å²) in [5.41, 5.74) is 1.25. The molecule has 2 heterocycles. The van der Waals surface area contributed by atoms with E-state index >= 15 is 0 Å². The zero-order chi connectivity index (χ0) is 13.0. The van der Waals surface area contributed by atoms with E-state index in [2.05, 4.69) is 31.0 Å². The molecule has 0 radical (unpaired) electrons. The molecule has 0 bridgehead atoms. The van der Waals surface area contributed by atoms with Crippen molar-refractivity contribution in [2.75, 3.05) is 31.2 Å². The second kappa shape index (κ2) is 6.50. The number of hydrogen-bond acceptors (Lipinski definition) is 5. The predicted molar refractivity (Wildman–Crippen MR) is 76.5 cm³/mol. The van der Waals surface area contributed by atoms with Gasteiger partial charge in [0.1, 0.15) is 0 Å². The highest BCUT2D eigenvalue weighted by atomic mass is 32.1. The molecule has 0 saturated carbocycles. The lowest BCUT2D eigenvalue weighted by Crippen LogP contribution is -2.43. The SMILES string of the molecule is CCNCc1sc(N2CCOCC2C)nc1CC. The van der Waals surface area contributed by atoms with Gasteiger partial charge < -0.3 is 15.0 Å². The molecule has 18 heavy (non-hydrogen) atoms. The van der Waals surface area contributed by atoms with Gasteiger partial charge in [-0.05, 0) is 19.9 Å². The number of anilines is 1. The Morgan fingerprint density at radius 2 is 2.33 bits per heavy atom. The Morgan fingerprint density at radius 3 is 3.00 bits per heavy atom. The Balaban J connectivity index is 2.14. The van der Waals surface area contributed by atoms with Gasteiger partial charge in [-0.2, -0.15) is 0 Å². The minimum atomic E-state index is 0.432. The van der Waals surface area contributed by atoms with Crippen LogP contribution in [0, 0.1) is 0 Å². The second-order valence-corrected chi connectivity index (χ2v) is 5.68. The van der Waals surface area contributed by atoms with Crippen LogP contribution in [-0.2, 0) is 17.7 Å². The highest BCUT2D eigenvalue weighted by Gasteiger charge is 2.23. The first-order valence-electron chi connectivity index (χ1n) is 6.79. The summed E-state index contributed by atoms with van der Waals surface area (Å²) in [5, 5.41) is 4.56. The molecular weight excluding hydrogens is 246 g/mol. The van der Waals surface area contributed by atoms with Crippen molar-refractivity contribution < 1.29 is 4.74 Å². The number of aryl methyl sites for hydroxylation is 1. The molecule has 4 nitrogen and oxygen atoms in total. The number of morpholine rings is 1. The lowest BCUT2D eigenvalue weighted by molar-refractivity contribution is 0.0989. The molecular formula is C13H23N3OS. The monoisotopic (exact) mass is 269 g/mol. The molecule has 0 aromatic carbocycles. The predicted octanol–water partition coefficient (Wildman–Crippen LogP) is 2.04. The lowest BCUT2D eigenvalue weighted by atomic mass is 10.3. The fraction of sp³-hybridized carbons (Fsp3) is 0.769. The molecule has 1 aliphatic heterocycles. The van der Waals surface area contributed by atoms with E-state index in [9.17, 15) is 0 Å². The third-order valence-corrected chi connectivity index (χ3v) is 4.39. The van der Waals surface area contributed by atoms with Crippen molar-refractivity contribution in [2.45, 2.75) is 39.8 Å². The zero-order valence-electron chi connectivity index (χ0n) is 11.5. The van der Waals surface area contributed by atoms with Crippen molar-refractivity contribution in [1.29, 1.82) is 0 Å². The van der Waals surface area contributed by atoms with E-state index in [4.69, 9.17) is 9.72 Å². The van der Waals surface area contributed by atoms with E-state index in [0.717, 1.165) is 44.4 Å². The molecule has 0 spiro atoms. The summed E-state index contributed by atoms with van der Waals surface area (Å²) in [6.07, 6.45) is 1.01. The highest BCUT2D eigenvalue weighted by molar-refractivity contribution is 7.15. The first kappa shape index (κ1) is 13.8. The van der Waals surface area contributed by atoms with Crippen LogP contribution >= 0.6 is 11.3 Å². The van der Waals surface area contributed by atoms with Crippen molar-refractivity contribution in [3.05, 3.63) is 10.6 Å². The maximum atomic E-state index is 5.48. The summed E-state index contributed by atoms with van der Waals surface area (Å²) in [6, 6.07) is 0.432. The maximum absolute atomic E-state index is 5.48. The topological polar surface area (TPSA) is 37.4 Å². The molecule has 1 aliphatic rings. The summed E-state index contributed by atoms with van der Waals surface area (Å²) in [5.74, 6) is 0. The quantitative estimate of drug-likeness (QED) is 0.887. The first-order valence-corrected chi connectivity index (χ1v) is 7.61. The number of rotatable bonds is 5. The number of nitrogens with one attached hydrogen (secondary N) is 1. The molecule has 102 valence electrons. The van der Waals surface area contributed by atoms with E-state index in [1.54, 1.807) is 0 Å². The van der Waals surface area contributed by atoms with Gasteiger partial charge in [0.15, 0.2) is 5.13 Å². The van der Waals surface area contributed by atoms with Crippen molar-refractivity contribution in [1.82, 2.24) is 10.3 Å². The van der Waals surface area contributed by atoms with Gasteiger partial charge in [0.25, 0.3) is 0 Å². The Hall–Kier alpha value is -0.650. The van der Waals surface area contributed by atoms with Crippen molar-refractivity contribution >= 4 is 16.5 Å². The third kappa shape index (κ3) is 3.02. The Kier molecular flexibility index (Phi) is 4.97. The molecule has 2 rings (SSSR count). The fourth-order valence-corrected chi connectivity index (χ4v) is 3.40. The summed E-state index contributed by atoms with van der Waals surface area (Å²) in [4.78, 5) is 8.56. The molecule has 1 unspecified atom stereocenters. The second-order valence-electron chi connectivity index (χ2n) is 4.62. The van der Waals surface area contributed by atoms with Crippen LogP contribution in [0.5, 0.6) is 0 Å². The normalized spacial score (nSPS) is 20.4. The Morgan fingerprint density at radius 1 is 1.50 bits per heavy atom. The van der Waals surface area contributed by atoms with Crippen LogP contribution in [0.2, 0.25) is 0 Å². The number of hydrogen-bond donors (Lipinski definition) is 1. The van der Waals surface area contributed by atoms with E-state index in [1.165, 1.54) is 10.6 Å². The van der Waals surface area contributed by atoms with Crippen molar-refractivity contribution in [3.8, 4) is 0 Å². The molecule has 0 aliphatic carbocycles. The molecule has 1 atom stereocenters. The van der Waals surface area contributed by atoms with E-state index in [1.807, 2.05) is 11.3 Å². The summed E-state index contributed by atoms with van der Waals surface area (Å²) >= 11 is 1.83. The average molecular weight is 269 g/mol. The zero-order valence-corrected chi connectivity index (χ0v) is 12.3. The summed E-state index contributed by atoms with van der Waals surface area (Å²) < 4.78 is 5.48. The Labute approximate surface area is 113 Å². The highest BCUT2D eigenvalue weighted by Crippen LogP contribution is 2.29. The average Bonchev–Trinajstić information content (AvgIpc) is 2.80. The molecule has 1 aromatic heterocycles. The third-order valence-electron chi connectivity index (χ3n) is 3.25. The van der Waals surface area contributed by atoms with Crippen molar-refractivity contribution in [2.24, 2.45) is 0 Å². The van der Waals surface area contributed by atoms with Gasteiger partial charge in [0.2, 0.25) is 0 Å². The maximum Gasteiger partial charge on any atom is 0.186 e. The number of aromatic nitrogens is 1. The molecule has 1 aromatic rings. The molecule has 1 N–H and O–H groups in total.